The number of hydrogen-bond acceptors (Lipinski definition) is 2. The highest BCUT2D eigenvalue weighted by atomic mass is 79.9. The summed E-state index contributed by atoms with van der Waals surface area (Å²) in [4.78, 5) is 16.0. The van der Waals surface area contributed by atoms with Crippen LogP contribution in [0.1, 0.15) is 10.5 Å². The molecule has 2 aromatic rings. The first-order chi connectivity index (χ1) is 8.08. The van der Waals surface area contributed by atoms with Crippen molar-refractivity contribution in [2.75, 3.05) is 5.32 Å². The van der Waals surface area contributed by atoms with E-state index >= 15 is 0 Å². The molecular weight excluding hydrogens is 307 g/mol. The SMILES string of the molecule is C[n+]1[nH]cc(Cl)c1C(=O)Nc1ccc(Br)cn1. The number of amides is 1. The highest BCUT2D eigenvalue weighted by molar-refractivity contribution is 9.10. The Morgan fingerprint density at radius 1 is 1.59 bits per heavy atom. The fourth-order valence-electron chi connectivity index (χ4n) is 1.33. The van der Waals surface area contributed by atoms with E-state index in [0.29, 0.717) is 16.5 Å². The fourth-order valence-corrected chi connectivity index (χ4v) is 1.83. The molecule has 0 atom stereocenters. The van der Waals surface area contributed by atoms with Gasteiger partial charge in [-0.05, 0) is 28.1 Å². The molecule has 0 radical (unpaired) electrons. The van der Waals surface area contributed by atoms with Crippen molar-refractivity contribution in [1.82, 2.24) is 10.1 Å². The van der Waals surface area contributed by atoms with E-state index in [1.54, 1.807) is 31.6 Å². The predicted octanol–water partition coefficient (Wildman–Crippen LogP) is 1.90. The number of nitrogens with one attached hydrogen (secondary N) is 2. The molecule has 0 aliphatic heterocycles. The molecule has 5 nitrogen and oxygen atoms in total. The lowest BCUT2D eigenvalue weighted by Crippen LogP contribution is -2.38. The van der Waals surface area contributed by atoms with Gasteiger partial charge in [-0.25, -0.2) is 4.98 Å². The van der Waals surface area contributed by atoms with Crippen LogP contribution in [0.5, 0.6) is 0 Å². The summed E-state index contributed by atoms with van der Waals surface area (Å²) < 4.78 is 2.39. The van der Waals surface area contributed by atoms with Crippen LogP contribution in [0.3, 0.4) is 0 Å². The van der Waals surface area contributed by atoms with Gasteiger partial charge in [-0.2, -0.15) is 5.10 Å². The molecule has 2 aromatic heterocycles. The number of carbonyl (C=O) groups is 1. The Morgan fingerprint density at radius 3 is 2.88 bits per heavy atom. The molecule has 0 saturated heterocycles. The highest BCUT2D eigenvalue weighted by Crippen LogP contribution is 2.14. The van der Waals surface area contributed by atoms with Gasteiger partial charge in [-0.3, -0.25) is 4.79 Å². The van der Waals surface area contributed by atoms with E-state index in [9.17, 15) is 4.79 Å². The van der Waals surface area contributed by atoms with E-state index in [1.165, 1.54) is 4.68 Å². The van der Waals surface area contributed by atoms with Crippen LogP contribution in [0.15, 0.2) is 29.0 Å². The molecule has 0 fully saturated rings. The van der Waals surface area contributed by atoms with Crippen molar-refractivity contribution < 1.29 is 9.48 Å². The van der Waals surface area contributed by atoms with Gasteiger partial charge in [0.2, 0.25) is 0 Å². The number of pyridine rings is 1. The quantitative estimate of drug-likeness (QED) is 0.831. The molecule has 2 rings (SSSR count). The molecule has 0 aromatic carbocycles. The first kappa shape index (κ1) is 12.1. The largest absolute Gasteiger partial charge is 0.325 e. The van der Waals surface area contributed by atoms with Crippen molar-refractivity contribution in [3.8, 4) is 0 Å². The number of aromatic amines is 1. The number of carbonyl (C=O) groups excluding carboxylic acids is 1. The third-order valence-electron chi connectivity index (χ3n) is 2.13. The second kappa shape index (κ2) is 4.85. The van der Waals surface area contributed by atoms with Crippen molar-refractivity contribution in [3.05, 3.63) is 39.7 Å². The highest BCUT2D eigenvalue weighted by Gasteiger charge is 2.23. The Hall–Kier alpha value is -1.40. The van der Waals surface area contributed by atoms with Crippen molar-refractivity contribution in [3.63, 3.8) is 0 Å². The van der Waals surface area contributed by atoms with E-state index in [2.05, 4.69) is 31.3 Å². The number of aromatic nitrogens is 3. The van der Waals surface area contributed by atoms with Crippen LogP contribution < -0.4 is 10.00 Å². The number of hydrogen-bond donors (Lipinski definition) is 2. The van der Waals surface area contributed by atoms with Crippen LogP contribution in [0.25, 0.3) is 0 Å². The zero-order valence-corrected chi connectivity index (χ0v) is 11.2. The van der Waals surface area contributed by atoms with Gasteiger partial charge in [0.15, 0.2) is 7.05 Å². The molecule has 0 saturated carbocycles. The number of rotatable bonds is 2. The minimum absolute atomic E-state index is 0.312. The molecule has 1 amide bonds. The topological polar surface area (TPSA) is 61.7 Å². The molecule has 0 unspecified atom stereocenters. The van der Waals surface area contributed by atoms with Gasteiger partial charge in [-0.15, -0.1) is 4.68 Å². The Labute approximate surface area is 111 Å². The molecule has 2 heterocycles. The maximum Gasteiger partial charge on any atom is 0.325 e. The zero-order chi connectivity index (χ0) is 12.4. The molecule has 0 aliphatic rings. The summed E-state index contributed by atoms with van der Waals surface area (Å²) in [6.07, 6.45) is 3.15. The van der Waals surface area contributed by atoms with Crippen molar-refractivity contribution in [2.24, 2.45) is 7.05 Å². The first-order valence-corrected chi connectivity index (χ1v) is 5.91. The standard InChI is InChI=1S/C10H8BrClN4O/c1-16-9(7(12)5-14-16)10(17)15-8-3-2-6(11)4-13-8/h2-5H,1H3,(H,13,15,17)/p+1. The van der Waals surface area contributed by atoms with Crippen molar-refractivity contribution >= 4 is 39.3 Å². The second-order valence-electron chi connectivity index (χ2n) is 3.34. The van der Waals surface area contributed by atoms with Gasteiger partial charge in [0.25, 0.3) is 0 Å². The smallest absolute Gasteiger partial charge is 0.301 e. The monoisotopic (exact) mass is 315 g/mol. The Bertz CT molecular complexity index is 532. The average Bonchev–Trinajstić information content (AvgIpc) is 2.62. The van der Waals surface area contributed by atoms with E-state index in [0.717, 1.165) is 4.47 Å². The molecule has 17 heavy (non-hydrogen) atoms. The van der Waals surface area contributed by atoms with Gasteiger partial charge in [0.05, 0.1) is 6.20 Å². The van der Waals surface area contributed by atoms with Crippen LogP contribution in [0, 0.1) is 0 Å². The Morgan fingerprint density at radius 2 is 2.35 bits per heavy atom. The minimum atomic E-state index is -0.312. The van der Waals surface area contributed by atoms with Gasteiger partial charge >= 0.3 is 11.6 Å². The molecule has 0 aliphatic carbocycles. The van der Waals surface area contributed by atoms with Crippen molar-refractivity contribution in [1.29, 1.82) is 0 Å². The first-order valence-electron chi connectivity index (χ1n) is 4.74. The van der Waals surface area contributed by atoms with Crippen LogP contribution in [-0.2, 0) is 7.05 Å². The van der Waals surface area contributed by atoms with Gasteiger partial charge < -0.3 is 5.32 Å². The lowest BCUT2D eigenvalue weighted by atomic mass is 10.4. The third-order valence-corrected chi connectivity index (χ3v) is 2.89. The molecular formula is C10H9BrClN4O+. The second-order valence-corrected chi connectivity index (χ2v) is 4.67. The average molecular weight is 317 g/mol. The van der Waals surface area contributed by atoms with Crippen molar-refractivity contribution in [2.45, 2.75) is 0 Å². The summed E-state index contributed by atoms with van der Waals surface area (Å²) in [6, 6.07) is 3.49. The summed E-state index contributed by atoms with van der Waals surface area (Å²) in [7, 11) is 1.70. The van der Waals surface area contributed by atoms with E-state index < -0.39 is 0 Å². The summed E-state index contributed by atoms with van der Waals surface area (Å²) in [5.41, 5.74) is 0.358. The number of anilines is 1. The predicted molar refractivity (Wildman–Crippen MR) is 66.9 cm³/mol. The Kier molecular flexibility index (Phi) is 3.44. The van der Waals surface area contributed by atoms with Gasteiger partial charge in [-0.1, -0.05) is 11.6 Å². The molecule has 2 N–H and O–H groups in total. The van der Waals surface area contributed by atoms with Crippen LogP contribution in [0.4, 0.5) is 5.82 Å². The van der Waals surface area contributed by atoms with E-state index in [4.69, 9.17) is 11.6 Å². The fraction of sp³-hybridized carbons (Fsp3) is 0.100. The molecule has 0 spiro atoms. The maximum absolute atomic E-state index is 11.9. The minimum Gasteiger partial charge on any atom is -0.301 e. The van der Waals surface area contributed by atoms with Crippen LogP contribution >= 0.6 is 27.5 Å². The Balaban J connectivity index is 2.20. The summed E-state index contributed by atoms with van der Waals surface area (Å²) in [6.45, 7) is 0. The lowest BCUT2D eigenvalue weighted by Gasteiger charge is -2.00. The normalized spacial score (nSPS) is 10.3. The van der Waals surface area contributed by atoms with Gasteiger partial charge in [0, 0.05) is 10.7 Å². The number of nitrogens with zero attached hydrogens (tertiary/aromatic N) is 2. The van der Waals surface area contributed by atoms with Crippen LogP contribution in [-0.4, -0.2) is 16.0 Å². The maximum atomic E-state index is 11.9. The zero-order valence-electron chi connectivity index (χ0n) is 8.87. The number of aryl methyl sites for hydroxylation is 1. The third kappa shape index (κ3) is 2.65. The molecule has 88 valence electrons. The van der Waals surface area contributed by atoms with E-state index in [-0.39, 0.29) is 5.91 Å². The molecule has 7 heteroatoms. The van der Waals surface area contributed by atoms with Crippen LogP contribution in [0.2, 0.25) is 5.02 Å². The number of H-pyrrole nitrogens is 1. The van der Waals surface area contributed by atoms with E-state index in [1.807, 2.05) is 0 Å². The number of halogens is 2. The van der Waals surface area contributed by atoms with Gasteiger partial charge in [0.1, 0.15) is 10.8 Å². The summed E-state index contributed by atoms with van der Waals surface area (Å²) in [5.74, 6) is 0.157. The summed E-state index contributed by atoms with van der Waals surface area (Å²) in [5, 5.41) is 5.83. The summed E-state index contributed by atoms with van der Waals surface area (Å²) >= 11 is 9.16. The lowest BCUT2D eigenvalue weighted by molar-refractivity contribution is -0.728. The molecule has 0 bridgehead atoms.